The largest absolute Gasteiger partial charge is 0.493 e. The van der Waals surface area contributed by atoms with Crippen molar-refractivity contribution in [1.82, 2.24) is 4.72 Å². The second-order valence-corrected chi connectivity index (χ2v) is 9.34. The first-order valence-electron chi connectivity index (χ1n) is 9.11. The Morgan fingerprint density at radius 2 is 2.00 bits per heavy atom. The van der Waals surface area contributed by atoms with E-state index in [0.29, 0.717) is 24.5 Å². The van der Waals surface area contributed by atoms with Crippen LogP contribution >= 0.6 is 11.6 Å². The van der Waals surface area contributed by atoms with Crippen LogP contribution in [0.4, 0.5) is 0 Å². The summed E-state index contributed by atoms with van der Waals surface area (Å²) in [6.07, 6.45) is 4.42. The molecule has 1 heterocycles. The van der Waals surface area contributed by atoms with Crippen LogP contribution < -0.4 is 4.72 Å². The number of sulfonamides is 1. The molecular weight excluding hydrogens is 402 g/mol. The molecule has 0 amide bonds. The highest BCUT2D eigenvalue weighted by Crippen LogP contribution is 2.45. The molecule has 1 aliphatic heterocycles. The minimum atomic E-state index is -3.67. The number of hydrogen-bond donors (Lipinski definition) is 2. The van der Waals surface area contributed by atoms with Crippen molar-refractivity contribution in [2.45, 2.75) is 30.6 Å². The highest BCUT2D eigenvalue weighted by atomic mass is 35.5. The van der Waals surface area contributed by atoms with Gasteiger partial charge in [-0.05, 0) is 72.2 Å². The number of carbonyl (C=O) groups is 1. The van der Waals surface area contributed by atoms with Gasteiger partial charge in [-0.2, -0.15) is 0 Å². The Morgan fingerprint density at radius 1 is 1.25 bits per heavy atom. The van der Waals surface area contributed by atoms with Gasteiger partial charge in [-0.25, -0.2) is 13.1 Å². The number of allylic oxidation sites excluding steroid dienone is 3. The Bertz CT molecular complexity index is 1020. The molecule has 6 nitrogen and oxygen atoms in total. The van der Waals surface area contributed by atoms with Gasteiger partial charge >= 0.3 is 5.97 Å². The summed E-state index contributed by atoms with van der Waals surface area (Å²) in [6, 6.07) is 6.01. The molecule has 2 N–H and O–H groups in total. The predicted molar refractivity (Wildman–Crippen MR) is 104 cm³/mol. The molecule has 1 aromatic rings. The van der Waals surface area contributed by atoms with E-state index >= 15 is 0 Å². The van der Waals surface area contributed by atoms with Gasteiger partial charge in [0.05, 0.1) is 17.4 Å². The van der Waals surface area contributed by atoms with Gasteiger partial charge < -0.3 is 9.84 Å². The number of aliphatic carboxylic acids is 1. The van der Waals surface area contributed by atoms with Gasteiger partial charge in [0, 0.05) is 11.6 Å². The fraction of sp³-hybridized carbons (Fsp3) is 0.350. The number of rotatable bonds is 5. The van der Waals surface area contributed by atoms with Crippen molar-refractivity contribution in [3.63, 3.8) is 0 Å². The average molecular weight is 422 g/mol. The third kappa shape index (κ3) is 3.62. The molecule has 1 saturated heterocycles. The number of carboxylic acids is 1. The van der Waals surface area contributed by atoms with Gasteiger partial charge in [0.2, 0.25) is 10.0 Å². The monoisotopic (exact) mass is 421 g/mol. The van der Waals surface area contributed by atoms with E-state index < -0.39 is 21.9 Å². The van der Waals surface area contributed by atoms with E-state index in [4.69, 9.17) is 16.3 Å². The normalized spacial score (nSPS) is 21.8. The fourth-order valence-electron chi connectivity index (χ4n) is 3.93. The molecule has 0 aromatic heterocycles. The lowest BCUT2D eigenvalue weighted by Gasteiger charge is -2.30. The smallest absolute Gasteiger partial charge is 0.310 e. The van der Waals surface area contributed by atoms with Gasteiger partial charge in [-0.1, -0.05) is 17.7 Å². The molecule has 8 heteroatoms. The SMILES string of the molecule is O=C(O)C1C=C2CC(CNS(=O)(=O)c3ccc(Cl)cc3)=C3CCCOC3=C2C1. The maximum Gasteiger partial charge on any atom is 0.310 e. The van der Waals surface area contributed by atoms with Crippen molar-refractivity contribution in [2.75, 3.05) is 13.2 Å². The van der Waals surface area contributed by atoms with Gasteiger partial charge in [-0.15, -0.1) is 0 Å². The van der Waals surface area contributed by atoms with Gasteiger partial charge in [0.25, 0.3) is 0 Å². The van der Waals surface area contributed by atoms with E-state index in [9.17, 15) is 18.3 Å². The van der Waals surface area contributed by atoms with E-state index in [1.807, 2.05) is 0 Å². The van der Waals surface area contributed by atoms with Crippen molar-refractivity contribution in [3.05, 3.63) is 63.4 Å². The van der Waals surface area contributed by atoms with Gasteiger partial charge in [0.15, 0.2) is 0 Å². The van der Waals surface area contributed by atoms with Crippen molar-refractivity contribution < 1.29 is 23.1 Å². The molecule has 0 radical (unpaired) electrons. The molecule has 28 heavy (non-hydrogen) atoms. The standard InChI is InChI=1S/C20H20ClNO5S/c21-15-3-5-16(6-4-15)28(25,26)22-11-14-9-12-8-13(20(23)24)10-18(12)19-17(14)2-1-7-27-19/h3-6,8,13,22H,1-2,7,9-11H2,(H,23,24). The highest BCUT2D eigenvalue weighted by Gasteiger charge is 2.35. The predicted octanol–water partition coefficient (Wildman–Crippen LogP) is 3.41. The summed E-state index contributed by atoms with van der Waals surface area (Å²) < 4.78 is 33.7. The van der Waals surface area contributed by atoms with E-state index in [2.05, 4.69) is 4.72 Å². The van der Waals surface area contributed by atoms with Crippen LogP contribution in [0.1, 0.15) is 25.7 Å². The molecule has 0 spiro atoms. The van der Waals surface area contributed by atoms with Crippen LogP contribution in [0, 0.1) is 5.92 Å². The molecular formula is C20H20ClNO5S. The minimum Gasteiger partial charge on any atom is -0.493 e. The van der Waals surface area contributed by atoms with Crippen molar-refractivity contribution in [3.8, 4) is 0 Å². The molecule has 3 aliphatic rings. The lowest BCUT2D eigenvalue weighted by Crippen LogP contribution is -2.28. The Kier molecular flexibility index (Phi) is 5.07. The number of ether oxygens (including phenoxy) is 1. The average Bonchev–Trinajstić information content (AvgIpc) is 3.11. The van der Waals surface area contributed by atoms with Crippen LogP contribution in [0.15, 0.2) is 63.3 Å². The van der Waals surface area contributed by atoms with Gasteiger partial charge in [-0.3, -0.25) is 4.79 Å². The summed E-state index contributed by atoms with van der Waals surface area (Å²) in [4.78, 5) is 11.6. The van der Waals surface area contributed by atoms with Crippen LogP contribution in [-0.4, -0.2) is 32.6 Å². The first-order valence-corrected chi connectivity index (χ1v) is 11.0. The van der Waals surface area contributed by atoms with Crippen molar-refractivity contribution >= 4 is 27.6 Å². The molecule has 1 aromatic carbocycles. The Balaban J connectivity index is 1.60. The lowest BCUT2D eigenvalue weighted by atomic mass is 9.85. The van der Waals surface area contributed by atoms with Crippen LogP contribution in [0.25, 0.3) is 0 Å². The van der Waals surface area contributed by atoms with Gasteiger partial charge in [0.1, 0.15) is 5.76 Å². The number of benzene rings is 1. The third-order valence-electron chi connectivity index (χ3n) is 5.33. The second kappa shape index (κ2) is 7.39. The number of carboxylic acid groups (broad SMARTS) is 1. The Labute approximate surface area is 168 Å². The number of hydrogen-bond acceptors (Lipinski definition) is 4. The number of halogens is 1. The zero-order chi connectivity index (χ0) is 19.9. The summed E-state index contributed by atoms with van der Waals surface area (Å²) >= 11 is 5.83. The number of nitrogens with one attached hydrogen (secondary N) is 1. The highest BCUT2D eigenvalue weighted by molar-refractivity contribution is 7.89. The van der Waals surface area contributed by atoms with Crippen LogP contribution in [-0.2, 0) is 19.6 Å². The number of fused-ring (bicyclic) bond motifs is 2. The molecule has 1 atom stereocenters. The Hall–Kier alpha value is -2.09. The molecule has 2 aliphatic carbocycles. The molecule has 0 saturated carbocycles. The summed E-state index contributed by atoms with van der Waals surface area (Å²) in [5, 5.41) is 9.83. The van der Waals surface area contributed by atoms with Crippen molar-refractivity contribution in [2.24, 2.45) is 5.92 Å². The van der Waals surface area contributed by atoms with E-state index in [0.717, 1.165) is 40.9 Å². The van der Waals surface area contributed by atoms with Crippen LogP contribution in [0.2, 0.25) is 5.02 Å². The quantitative estimate of drug-likeness (QED) is 0.759. The van der Waals surface area contributed by atoms with E-state index in [-0.39, 0.29) is 11.4 Å². The van der Waals surface area contributed by atoms with Crippen LogP contribution in [0.3, 0.4) is 0 Å². The summed E-state index contributed by atoms with van der Waals surface area (Å²) in [5.41, 5.74) is 3.86. The maximum atomic E-state index is 12.6. The van der Waals surface area contributed by atoms with Crippen LogP contribution in [0.5, 0.6) is 0 Å². The summed E-state index contributed by atoms with van der Waals surface area (Å²) in [6.45, 7) is 0.757. The van der Waals surface area contributed by atoms with E-state index in [1.165, 1.54) is 24.3 Å². The zero-order valence-corrected chi connectivity index (χ0v) is 16.6. The zero-order valence-electron chi connectivity index (χ0n) is 15.1. The maximum absolute atomic E-state index is 12.6. The molecule has 4 rings (SSSR count). The molecule has 148 valence electrons. The second-order valence-electron chi connectivity index (χ2n) is 7.14. The first kappa shape index (κ1) is 19.2. The van der Waals surface area contributed by atoms with Crippen molar-refractivity contribution in [1.29, 1.82) is 0 Å². The molecule has 0 bridgehead atoms. The topological polar surface area (TPSA) is 92.7 Å². The van der Waals surface area contributed by atoms with E-state index in [1.54, 1.807) is 6.08 Å². The summed E-state index contributed by atoms with van der Waals surface area (Å²) in [7, 11) is -3.67. The fourth-order valence-corrected chi connectivity index (χ4v) is 5.08. The third-order valence-corrected chi connectivity index (χ3v) is 7.00. The Morgan fingerprint density at radius 3 is 2.71 bits per heavy atom. The first-order chi connectivity index (χ1) is 13.3. The molecule has 1 unspecified atom stereocenters. The molecule has 1 fully saturated rings. The summed E-state index contributed by atoms with van der Waals surface area (Å²) in [5.74, 6) is -0.639. The minimum absolute atomic E-state index is 0.153. The lowest BCUT2D eigenvalue weighted by molar-refractivity contribution is -0.139.